The van der Waals surface area contributed by atoms with E-state index in [2.05, 4.69) is 16.3 Å². The summed E-state index contributed by atoms with van der Waals surface area (Å²) in [5.41, 5.74) is 0. The topological polar surface area (TPSA) is 39.1 Å². The molecule has 0 aromatic rings. The summed E-state index contributed by atoms with van der Waals surface area (Å²) < 4.78 is 0. The zero-order valence-corrected chi connectivity index (χ0v) is 8.71. The Kier molecular flexibility index (Phi) is 3.39. The summed E-state index contributed by atoms with van der Waals surface area (Å²) in [7, 11) is 0. The molecular formula is C11H19N3. The van der Waals surface area contributed by atoms with Crippen LogP contribution in [0.25, 0.3) is 0 Å². The van der Waals surface area contributed by atoms with Gasteiger partial charge in [0.2, 0.25) is 0 Å². The fourth-order valence-corrected chi connectivity index (χ4v) is 2.74. The molecule has 2 heterocycles. The van der Waals surface area contributed by atoms with E-state index in [1.54, 1.807) is 0 Å². The third-order valence-electron chi connectivity index (χ3n) is 3.49. The third kappa shape index (κ3) is 2.26. The van der Waals surface area contributed by atoms with Crippen LogP contribution in [0.2, 0.25) is 0 Å². The highest BCUT2D eigenvalue weighted by Gasteiger charge is 2.31. The lowest BCUT2D eigenvalue weighted by Crippen LogP contribution is -2.45. The van der Waals surface area contributed by atoms with Crippen molar-refractivity contribution in [3.63, 3.8) is 0 Å². The Morgan fingerprint density at radius 3 is 3.14 bits per heavy atom. The van der Waals surface area contributed by atoms with Crippen LogP contribution >= 0.6 is 0 Å². The maximum atomic E-state index is 8.45. The van der Waals surface area contributed by atoms with E-state index in [0.29, 0.717) is 12.5 Å². The van der Waals surface area contributed by atoms with Crippen molar-refractivity contribution in [2.45, 2.75) is 44.2 Å². The molecule has 3 heteroatoms. The molecule has 0 bridgehead atoms. The molecule has 2 aliphatic rings. The molecule has 0 aromatic heterocycles. The molecule has 2 atom stereocenters. The maximum Gasteiger partial charge on any atom is 0.0635 e. The van der Waals surface area contributed by atoms with Gasteiger partial charge < -0.3 is 10.2 Å². The lowest BCUT2D eigenvalue weighted by atomic mass is 9.97. The van der Waals surface area contributed by atoms with E-state index in [9.17, 15) is 0 Å². The quantitative estimate of drug-likeness (QED) is 0.683. The Labute approximate surface area is 86.1 Å². The second kappa shape index (κ2) is 4.77. The van der Waals surface area contributed by atoms with Crippen molar-refractivity contribution >= 4 is 0 Å². The fraction of sp³-hybridized carbons (Fsp3) is 0.909. The molecular weight excluding hydrogens is 174 g/mol. The van der Waals surface area contributed by atoms with Gasteiger partial charge in [-0.15, -0.1) is 0 Å². The fourth-order valence-electron chi connectivity index (χ4n) is 2.74. The second-order valence-corrected chi connectivity index (χ2v) is 4.42. The number of nitrogens with zero attached hydrogens (tertiary/aromatic N) is 2. The van der Waals surface area contributed by atoms with E-state index in [-0.39, 0.29) is 0 Å². The van der Waals surface area contributed by atoms with Crippen LogP contribution in [0.5, 0.6) is 0 Å². The Morgan fingerprint density at radius 2 is 2.29 bits per heavy atom. The number of hydrogen-bond donors (Lipinski definition) is 1. The molecule has 0 aliphatic carbocycles. The summed E-state index contributed by atoms with van der Waals surface area (Å²) in [4.78, 5) is 2.63. The average Bonchev–Trinajstić information content (AvgIpc) is 2.65. The molecule has 2 unspecified atom stereocenters. The minimum atomic E-state index is 0.644. The molecule has 3 nitrogen and oxygen atoms in total. The molecule has 0 spiro atoms. The maximum absolute atomic E-state index is 8.45. The largest absolute Gasteiger partial charge is 0.313 e. The molecule has 14 heavy (non-hydrogen) atoms. The first-order valence-corrected chi connectivity index (χ1v) is 5.74. The van der Waals surface area contributed by atoms with Gasteiger partial charge in [0, 0.05) is 25.0 Å². The SMILES string of the molecule is N#CCCNC1CCN2CCCC2C1. The van der Waals surface area contributed by atoms with Gasteiger partial charge in [-0.3, -0.25) is 0 Å². The summed E-state index contributed by atoms with van der Waals surface area (Å²) in [5.74, 6) is 0. The Morgan fingerprint density at radius 1 is 1.36 bits per heavy atom. The highest BCUT2D eigenvalue weighted by Crippen LogP contribution is 2.26. The standard InChI is InChI=1S/C11H19N3/c12-5-2-6-13-10-4-8-14-7-1-3-11(14)9-10/h10-11,13H,1-4,6-9H2. The third-order valence-corrected chi connectivity index (χ3v) is 3.49. The van der Waals surface area contributed by atoms with Crippen LogP contribution in [0.3, 0.4) is 0 Å². The molecule has 0 saturated carbocycles. The lowest BCUT2D eigenvalue weighted by molar-refractivity contribution is 0.167. The molecule has 0 radical (unpaired) electrons. The molecule has 0 aromatic carbocycles. The van der Waals surface area contributed by atoms with Crippen molar-refractivity contribution in [2.24, 2.45) is 0 Å². The van der Waals surface area contributed by atoms with Crippen LogP contribution in [-0.2, 0) is 0 Å². The Bertz CT molecular complexity index is 221. The van der Waals surface area contributed by atoms with Crippen LogP contribution < -0.4 is 5.32 Å². The van der Waals surface area contributed by atoms with Crippen molar-refractivity contribution in [1.29, 1.82) is 5.26 Å². The van der Waals surface area contributed by atoms with Crippen LogP contribution in [0.15, 0.2) is 0 Å². The van der Waals surface area contributed by atoms with E-state index < -0.39 is 0 Å². The number of rotatable bonds is 3. The van der Waals surface area contributed by atoms with Gasteiger partial charge >= 0.3 is 0 Å². The van der Waals surface area contributed by atoms with E-state index >= 15 is 0 Å². The molecule has 2 aliphatic heterocycles. The van der Waals surface area contributed by atoms with Gasteiger partial charge in [0.05, 0.1) is 6.07 Å². The minimum Gasteiger partial charge on any atom is -0.313 e. The van der Waals surface area contributed by atoms with Gasteiger partial charge in [-0.25, -0.2) is 0 Å². The first-order chi connectivity index (χ1) is 6.90. The summed E-state index contributed by atoms with van der Waals surface area (Å²) >= 11 is 0. The highest BCUT2D eigenvalue weighted by molar-refractivity contribution is 4.89. The Hall–Kier alpha value is -0.590. The molecule has 1 N–H and O–H groups in total. The predicted octanol–water partition coefficient (Wildman–Crippen LogP) is 1.12. The van der Waals surface area contributed by atoms with Gasteiger partial charge in [-0.2, -0.15) is 5.26 Å². The van der Waals surface area contributed by atoms with E-state index in [4.69, 9.17) is 5.26 Å². The van der Waals surface area contributed by atoms with Gasteiger partial charge in [0.15, 0.2) is 0 Å². The number of piperidine rings is 1. The number of nitrogens with one attached hydrogen (secondary N) is 1. The summed E-state index contributed by atoms with van der Waals surface area (Å²) in [6.45, 7) is 3.44. The predicted molar refractivity (Wildman–Crippen MR) is 55.8 cm³/mol. The van der Waals surface area contributed by atoms with Crippen LogP contribution in [-0.4, -0.2) is 36.6 Å². The van der Waals surface area contributed by atoms with Crippen molar-refractivity contribution in [1.82, 2.24) is 10.2 Å². The van der Waals surface area contributed by atoms with Crippen molar-refractivity contribution in [3.05, 3.63) is 0 Å². The molecule has 0 amide bonds. The minimum absolute atomic E-state index is 0.644. The smallest absolute Gasteiger partial charge is 0.0635 e. The first kappa shape index (κ1) is 9.95. The number of fused-ring (bicyclic) bond motifs is 1. The number of nitriles is 1. The van der Waals surface area contributed by atoms with Gasteiger partial charge in [-0.1, -0.05) is 0 Å². The first-order valence-electron chi connectivity index (χ1n) is 5.74. The molecule has 2 rings (SSSR count). The van der Waals surface area contributed by atoms with Crippen LogP contribution in [0.1, 0.15) is 32.1 Å². The molecule has 78 valence electrons. The summed E-state index contributed by atoms with van der Waals surface area (Å²) in [6.07, 6.45) is 5.98. The van der Waals surface area contributed by atoms with Crippen LogP contribution in [0, 0.1) is 11.3 Å². The monoisotopic (exact) mass is 193 g/mol. The van der Waals surface area contributed by atoms with Gasteiger partial charge in [0.1, 0.15) is 0 Å². The summed E-state index contributed by atoms with van der Waals surface area (Å²) in [6, 6.07) is 3.69. The van der Waals surface area contributed by atoms with Gasteiger partial charge in [-0.05, 0) is 38.8 Å². The molecule has 2 saturated heterocycles. The summed E-state index contributed by atoms with van der Waals surface area (Å²) in [5, 5.41) is 11.9. The Balaban J connectivity index is 1.72. The average molecular weight is 193 g/mol. The van der Waals surface area contributed by atoms with Crippen molar-refractivity contribution in [3.8, 4) is 6.07 Å². The zero-order chi connectivity index (χ0) is 9.80. The van der Waals surface area contributed by atoms with Crippen LogP contribution in [0.4, 0.5) is 0 Å². The normalized spacial score (nSPS) is 32.5. The van der Waals surface area contributed by atoms with E-state index in [1.165, 1.54) is 38.8 Å². The van der Waals surface area contributed by atoms with Gasteiger partial charge in [0.25, 0.3) is 0 Å². The highest BCUT2D eigenvalue weighted by atomic mass is 15.2. The number of hydrogen-bond acceptors (Lipinski definition) is 3. The second-order valence-electron chi connectivity index (χ2n) is 4.42. The van der Waals surface area contributed by atoms with Crippen molar-refractivity contribution < 1.29 is 0 Å². The van der Waals surface area contributed by atoms with Crippen molar-refractivity contribution in [2.75, 3.05) is 19.6 Å². The van der Waals surface area contributed by atoms with E-state index in [0.717, 1.165) is 12.6 Å². The molecule has 2 fully saturated rings. The van der Waals surface area contributed by atoms with E-state index in [1.807, 2.05) is 0 Å². The lowest BCUT2D eigenvalue weighted by Gasteiger charge is -2.35. The zero-order valence-electron chi connectivity index (χ0n) is 8.71.